The predicted molar refractivity (Wildman–Crippen MR) is 105 cm³/mol. The zero-order chi connectivity index (χ0) is 19.0. The highest BCUT2D eigenvalue weighted by molar-refractivity contribution is 7.89. The largest absolute Gasteiger partial charge is 0.308 e. The van der Waals surface area contributed by atoms with Gasteiger partial charge in [-0.25, -0.2) is 23.1 Å². The van der Waals surface area contributed by atoms with Gasteiger partial charge < -0.3 is 4.57 Å². The monoisotopic (exact) mass is 404 g/mol. The molecule has 0 amide bonds. The molecule has 2 heterocycles. The fraction of sp³-hybridized carbons (Fsp3) is 0.368. The van der Waals surface area contributed by atoms with Gasteiger partial charge in [0.2, 0.25) is 10.0 Å². The molecule has 1 aliphatic carbocycles. The Balaban J connectivity index is 1.65. The third kappa shape index (κ3) is 3.59. The first kappa shape index (κ1) is 18.4. The second-order valence-corrected chi connectivity index (χ2v) is 9.09. The summed E-state index contributed by atoms with van der Waals surface area (Å²) in [5.74, 6) is 0.692. The highest BCUT2D eigenvalue weighted by Crippen LogP contribution is 2.33. The first-order valence-corrected chi connectivity index (χ1v) is 10.9. The molecule has 0 aliphatic heterocycles. The van der Waals surface area contributed by atoms with Crippen LogP contribution in [0.25, 0.3) is 11.2 Å². The molecule has 4 rings (SSSR count). The van der Waals surface area contributed by atoms with E-state index in [1.165, 1.54) is 18.9 Å². The minimum atomic E-state index is -3.68. The summed E-state index contributed by atoms with van der Waals surface area (Å²) < 4.78 is 30.2. The first-order chi connectivity index (χ1) is 13.0. The van der Waals surface area contributed by atoms with Crippen LogP contribution in [0.1, 0.15) is 43.1 Å². The van der Waals surface area contributed by atoms with Crippen molar-refractivity contribution in [2.45, 2.75) is 50.1 Å². The van der Waals surface area contributed by atoms with Gasteiger partial charge in [0.1, 0.15) is 11.3 Å². The molecule has 3 aromatic rings. The molecule has 0 unspecified atom stereocenters. The molecule has 0 spiro atoms. The van der Waals surface area contributed by atoms with Crippen LogP contribution < -0.4 is 4.72 Å². The molecule has 8 heteroatoms. The van der Waals surface area contributed by atoms with Crippen LogP contribution in [0.4, 0.5) is 0 Å². The molecule has 1 saturated carbocycles. The molecule has 27 heavy (non-hydrogen) atoms. The minimum Gasteiger partial charge on any atom is -0.308 e. The van der Waals surface area contributed by atoms with Gasteiger partial charge >= 0.3 is 0 Å². The second kappa shape index (κ2) is 7.22. The van der Waals surface area contributed by atoms with E-state index < -0.39 is 10.0 Å². The van der Waals surface area contributed by atoms with E-state index in [4.69, 9.17) is 11.6 Å². The van der Waals surface area contributed by atoms with Gasteiger partial charge in [-0.3, -0.25) is 0 Å². The van der Waals surface area contributed by atoms with Gasteiger partial charge in [0.25, 0.3) is 0 Å². The standard InChI is InChI=1S/C19H21ClN4O2S/c1-13-8-9-15(11-16(13)20)27(25,26)22-12-18-23-17-7-4-10-21-19(17)24(18)14-5-2-3-6-14/h4,7-11,14,22H,2-3,5-6,12H2,1H3. The molecule has 0 atom stereocenters. The maximum Gasteiger partial charge on any atom is 0.241 e. The lowest BCUT2D eigenvalue weighted by Gasteiger charge is -2.16. The number of halogens is 1. The quantitative estimate of drug-likeness (QED) is 0.697. The number of pyridine rings is 1. The maximum atomic E-state index is 12.7. The van der Waals surface area contributed by atoms with E-state index in [1.807, 2.05) is 19.1 Å². The number of sulfonamides is 1. The van der Waals surface area contributed by atoms with Crippen molar-refractivity contribution in [2.24, 2.45) is 0 Å². The SMILES string of the molecule is Cc1ccc(S(=O)(=O)NCc2nc3cccnc3n2C2CCCC2)cc1Cl. The molecule has 1 aliphatic rings. The Hall–Kier alpha value is -1.96. The highest BCUT2D eigenvalue weighted by Gasteiger charge is 2.24. The number of benzene rings is 1. The number of rotatable bonds is 5. The van der Waals surface area contributed by atoms with E-state index in [9.17, 15) is 8.42 Å². The number of hydrogen-bond donors (Lipinski definition) is 1. The topological polar surface area (TPSA) is 76.9 Å². The Labute approximate surface area is 163 Å². The van der Waals surface area contributed by atoms with Crippen LogP contribution in [-0.2, 0) is 16.6 Å². The minimum absolute atomic E-state index is 0.112. The number of imidazole rings is 1. The Bertz CT molecular complexity index is 1090. The average molecular weight is 405 g/mol. The van der Waals surface area contributed by atoms with Crippen LogP contribution in [0, 0.1) is 6.92 Å². The molecule has 2 aromatic heterocycles. The molecule has 0 saturated heterocycles. The van der Waals surface area contributed by atoms with E-state index in [1.54, 1.807) is 18.3 Å². The molecule has 142 valence electrons. The van der Waals surface area contributed by atoms with E-state index in [0.717, 1.165) is 29.6 Å². The van der Waals surface area contributed by atoms with E-state index in [2.05, 4.69) is 19.3 Å². The number of hydrogen-bond acceptors (Lipinski definition) is 4. The summed E-state index contributed by atoms with van der Waals surface area (Å²) in [6.07, 6.45) is 6.22. The smallest absolute Gasteiger partial charge is 0.241 e. The van der Waals surface area contributed by atoms with Gasteiger partial charge in [-0.2, -0.15) is 0 Å². The van der Waals surface area contributed by atoms with Gasteiger partial charge in [0.05, 0.1) is 11.4 Å². The lowest BCUT2D eigenvalue weighted by molar-refractivity contribution is 0.502. The molecule has 1 fully saturated rings. The van der Waals surface area contributed by atoms with Crippen molar-refractivity contribution in [3.05, 3.63) is 52.9 Å². The van der Waals surface area contributed by atoms with Crippen molar-refractivity contribution < 1.29 is 8.42 Å². The van der Waals surface area contributed by atoms with Gasteiger partial charge in [-0.1, -0.05) is 30.5 Å². The lowest BCUT2D eigenvalue weighted by atomic mass is 10.2. The fourth-order valence-corrected chi connectivity index (χ4v) is 4.88. The molecule has 1 aromatic carbocycles. The van der Waals surface area contributed by atoms with Gasteiger partial charge in [0.15, 0.2) is 5.65 Å². The van der Waals surface area contributed by atoms with Crippen molar-refractivity contribution in [1.82, 2.24) is 19.3 Å². The van der Waals surface area contributed by atoms with Gasteiger partial charge in [-0.15, -0.1) is 0 Å². The summed E-state index contributed by atoms with van der Waals surface area (Å²) in [7, 11) is -3.68. The Morgan fingerprint density at radius 2 is 2.04 bits per heavy atom. The highest BCUT2D eigenvalue weighted by atomic mass is 35.5. The van der Waals surface area contributed by atoms with Gasteiger partial charge in [-0.05, 0) is 49.6 Å². The lowest BCUT2D eigenvalue weighted by Crippen LogP contribution is -2.25. The van der Waals surface area contributed by atoms with Crippen molar-refractivity contribution in [2.75, 3.05) is 0 Å². The second-order valence-electron chi connectivity index (χ2n) is 6.92. The predicted octanol–water partition coefficient (Wildman–Crippen LogP) is 3.99. The summed E-state index contributed by atoms with van der Waals surface area (Å²) >= 11 is 6.08. The van der Waals surface area contributed by atoms with Crippen LogP contribution in [-0.4, -0.2) is 23.0 Å². The fourth-order valence-electron chi connectivity index (χ4n) is 3.63. The molecule has 0 radical (unpaired) electrons. The molecule has 1 N–H and O–H groups in total. The number of fused-ring (bicyclic) bond motifs is 1. The first-order valence-electron chi connectivity index (χ1n) is 9.03. The third-order valence-corrected chi connectivity index (χ3v) is 6.89. The van der Waals surface area contributed by atoms with Crippen molar-refractivity contribution >= 4 is 32.8 Å². The van der Waals surface area contributed by atoms with Crippen molar-refractivity contribution in [1.29, 1.82) is 0 Å². The van der Waals surface area contributed by atoms with Crippen LogP contribution >= 0.6 is 11.6 Å². The number of aromatic nitrogens is 3. The van der Waals surface area contributed by atoms with Crippen LogP contribution in [0.3, 0.4) is 0 Å². The molecular formula is C19H21ClN4O2S. The summed E-state index contributed by atoms with van der Waals surface area (Å²) in [6.45, 7) is 1.95. The van der Waals surface area contributed by atoms with E-state index in [-0.39, 0.29) is 11.4 Å². The van der Waals surface area contributed by atoms with Crippen molar-refractivity contribution in [3.63, 3.8) is 0 Å². The Morgan fingerprint density at radius 3 is 2.78 bits per heavy atom. The van der Waals surface area contributed by atoms with Gasteiger partial charge in [0, 0.05) is 17.3 Å². The normalized spacial score (nSPS) is 15.6. The van der Waals surface area contributed by atoms with Crippen LogP contribution in [0.5, 0.6) is 0 Å². The Morgan fingerprint density at radius 1 is 1.26 bits per heavy atom. The number of aryl methyl sites for hydroxylation is 1. The van der Waals surface area contributed by atoms with E-state index >= 15 is 0 Å². The third-order valence-electron chi connectivity index (χ3n) is 5.09. The molecular weight excluding hydrogens is 384 g/mol. The zero-order valence-corrected chi connectivity index (χ0v) is 16.6. The summed E-state index contributed by atoms with van der Waals surface area (Å²) in [5, 5.41) is 0.431. The molecule has 6 nitrogen and oxygen atoms in total. The zero-order valence-electron chi connectivity index (χ0n) is 15.0. The van der Waals surface area contributed by atoms with E-state index in [0.29, 0.717) is 16.9 Å². The maximum absolute atomic E-state index is 12.7. The van der Waals surface area contributed by atoms with Crippen LogP contribution in [0.15, 0.2) is 41.4 Å². The summed E-state index contributed by atoms with van der Waals surface area (Å²) in [4.78, 5) is 9.26. The van der Waals surface area contributed by atoms with Crippen LogP contribution in [0.2, 0.25) is 5.02 Å². The number of nitrogens with one attached hydrogen (secondary N) is 1. The summed E-state index contributed by atoms with van der Waals surface area (Å²) in [6, 6.07) is 8.81. The molecule has 0 bridgehead atoms. The Kier molecular flexibility index (Phi) is 4.92. The number of nitrogens with zero attached hydrogens (tertiary/aromatic N) is 3. The summed E-state index contributed by atoms with van der Waals surface area (Å²) in [5.41, 5.74) is 2.44. The van der Waals surface area contributed by atoms with Crippen molar-refractivity contribution in [3.8, 4) is 0 Å². The average Bonchev–Trinajstić information content (AvgIpc) is 3.29.